The van der Waals surface area contributed by atoms with E-state index in [0.29, 0.717) is 30.3 Å². The van der Waals surface area contributed by atoms with Gasteiger partial charge in [0.05, 0.1) is 10.2 Å². The summed E-state index contributed by atoms with van der Waals surface area (Å²) >= 11 is 2.14. The molecule has 0 aliphatic carbocycles. The Morgan fingerprint density at radius 3 is 2.54 bits per heavy atom. The molecule has 0 aromatic heterocycles. The van der Waals surface area contributed by atoms with Gasteiger partial charge in [0.25, 0.3) is 5.91 Å². The van der Waals surface area contributed by atoms with E-state index in [2.05, 4.69) is 22.6 Å². The molecule has 0 bridgehead atoms. The molecular weight excluding hydrogens is 443 g/mol. The average molecular weight is 462 g/mol. The number of rotatable bonds is 7. The number of carbonyl (C=O) groups is 1. The highest BCUT2D eigenvalue weighted by atomic mass is 127. The fraction of sp³-hybridized carbons (Fsp3) is 0.200. The number of benzene rings is 2. The van der Waals surface area contributed by atoms with Crippen LogP contribution >= 0.6 is 22.6 Å². The molecule has 0 aliphatic rings. The zero-order valence-electron chi connectivity index (χ0n) is 14.6. The smallest absolute Gasteiger partial charge is 0.259 e. The van der Waals surface area contributed by atoms with E-state index in [-0.39, 0.29) is 5.57 Å². The van der Waals surface area contributed by atoms with Crippen molar-refractivity contribution >= 4 is 34.6 Å². The number of ether oxygens (including phenoxy) is 2. The summed E-state index contributed by atoms with van der Waals surface area (Å²) in [5.74, 6) is 0.419. The van der Waals surface area contributed by atoms with Crippen molar-refractivity contribution in [3.8, 4) is 17.6 Å². The standard InChI is InChI=1S/C20H19IN2O3/c1-3-25-18-10-15(8-16(11-22)20(23)24)9-17(21)19(18)26-12-14-6-4-13(2)5-7-14/h4-10H,3,12H2,1-2H3,(H2,23,24)/b16-8+. The number of carbonyl (C=O) groups excluding carboxylic acids is 1. The number of aryl methyl sites for hydroxylation is 1. The van der Waals surface area contributed by atoms with Crippen LogP contribution in [0.1, 0.15) is 23.6 Å². The largest absolute Gasteiger partial charge is 0.490 e. The Bertz CT molecular complexity index is 868. The van der Waals surface area contributed by atoms with Crippen molar-refractivity contribution in [2.75, 3.05) is 6.61 Å². The number of nitriles is 1. The molecule has 2 rings (SSSR count). The van der Waals surface area contributed by atoms with E-state index in [0.717, 1.165) is 9.13 Å². The summed E-state index contributed by atoms with van der Waals surface area (Å²) in [7, 11) is 0. The molecule has 0 radical (unpaired) electrons. The lowest BCUT2D eigenvalue weighted by Gasteiger charge is -2.15. The summed E-state index contributed by atoms with van der Waals surface area (Å²) in [5.41, 5.74) is 7.98. The first-order valence-electron chi connectivity index (χ1n) is 8.01. The highest BCUT2D eigenvalue weighted by Gasteiger charge is 2.13. The molecule has 0 aliphatic heterocycles. The van der Waals surface area contributed by atoms with Gasteiger partial charge in [0.1, 0.15) is 18.2 Å². The second kappa shape index (κ2) is 9.25. The molecular formula is C20H19IN2O3. The number of primary amides is 1. The third kappa shape index (κ3) is 5.23. The molecule has 0 atom stereocenters. The van der Waals surface area contributed by atoms with Crippen LogP contribution in [0, 0.1) is 21.8 Å². The molecule has 1 amide bonds. The van der Waals surface area contributed by atoms with Gasteiger partial charge >= 0.3 is 0 Å². The summed E-state index contributed by atoms with van der Waals surface area (Å²) < 4.78 is 12.5. The minimum absolute atomic E-state index is 0.114. The van der Waals surface area contributed by atoms with Gasteiger partial charge in [-0.05, 0) is 65.8 Å². The highest BCUT2D eigenvalue weighted by Crippen LogP contribution is 2.35. The summed E-state index contributed by atoms with van der Waals surface area (Å²) in [6.07, 6.45) is 1.44. The quantitative estimate of drug-likeness (QED) is 0.384. The predicted molar refractivity (Wildman–Crippen MR) is 109 cm³/mol. The first-order valence-corrected chi connectivity index (χ1v) is 9.08. The van der Waals surface area contributed by atoms with Crippen LogP contribution in [0.2, 0.25) is 0 Å². The van der Waals surface area contributed by atoms with Crippen LogP contribution in [-0.2, 0) is 11.4 Å². The minimum Gasteiger partial charge on any atom is -0.490 e. The molecule has 0 saturated heterocycles. The Labute approximate surface area is 166 Å². The number of nitrogens with two attached hydrogens (primary N) is 1. The van der Waals surface area contributed by atoms with E-state index in [1.54, 1.807) is 12.1 Å². The molecule has 0 unspecified atom stereocenters. The van der Waals surface area contributed by atoms with Crippen LogP contribution in [0.4, 0.5) is 0 Å². The fourth-order valence-corrected chi connectivity index (χ4v) is 3.02. The molecule has 0 saturated carbocycles. The van der Waals surface area contributed by atoms with Gasteiger partial charge in [-0.15, -0.1) is 0 Å². The molecule has 2 aromatic carbocycles. The van der Waals surface area contributed by atoms with Crippen LogP contribution in [-0.4, -0.2) is 12.5 Å². The van der Waals surface area contributed by atoms with Crippen molar-refractivity contribution in [3.63, 3.8) is 0 Å². The molecule has 5 nitrogen and oxygen atoms in total. The summed E-state index contributed by atoms with van der Waals surface area (Å²) in [4.78, 5) is 11.3. The predicted octanol–water partition coefficient (Wildman–Crippen LogP) is 3.97. The fourth-order valence-electron chi connectivity index (χ4n) is 2.24. The van der Waals surface area contributed by atoms with E-state index < -0.39 is 5.91 Å². The van der Waals surface area contributed by atoms with Crippen LogP contribution in [0.5, 0.6) is 11.5 Å². The van der Waals surface area contributed by atoms with Crippen molar-refractivity contribution in [2.24, 2.45) is 5.73 Å². The molecule has 6 heteroatoms. The van der Waals surface area contributed by atoms with Crippen LogP contribution in [0.25, 0.3) is 6.08 Å². The van der Waals surface area contributed by atoms with Crippen molar-refractivity contribution in [3.05, 3.63) is 62.2 Å². The average Bonchev–Trinajstić information content (AvgIpc) is 2.60. The van der Waals surface area contributed by atoms with Crippen molar-refractivity contribution < 1.29 is 14.3 Å². The van der Waals surface area contributed by atoms with E-state index in [1.165, 1.54) is 11.6 Å². The van der Waals surface area contributed by atoms with Gasteiger partial charge in [-0.2, -0.15) is 5.26 Å². The molecule has 134 valence electrons. The first-order chi connectivity index (χ1) is 12.4. The van der Waals surface area contributed by atoms with Crippen LogP contribution in [0.3, 0.4) is 0 Å². The lowest BCUT2D eigenvalue weighted by Crippen LogP contribution is -2.12. The van der Waals surface area contributed by atoms with Crippen LogP contribution < -0.4 is 15.2 Å². The molecule has 0 spiro atoms. The maximum Gasteiger partial charge on any atom is 0.259 e. The molecule has 26 heavy (non-hydrogen) atoms. The zero-order chi connectivity index (χ0) is 19.1. The Hall–Kier alpha value is -2.53. The second-order valence-corrected chi connectivity index (χ2v) is 6.73. The normalized spacial score (nSPS) is 10.9. The number of halogens is 1. The van der Waals surface area contributed by atoms with Crippen LogP contribution in [0.15, 0.2) is 42.0 Å². The number of hydrogen-bond donors (Lipinski definition) is 1. The van der Waals surface area contributed by atoms with Gasteiger partial charge in [-0.25, -0.2) is 0 Å². The van der Waals surface area contributed by atoms with Gasteiger partial charge in [0.15, 0.2) is 11.5 Å². The van der Waals surface area contributed by atoms with Crippen molar-refractivity contribution in [1.82, 2.24) is 0 Å². The van der Waals surface area contributed by atoms with E-state index in [9.17, 15) is 4.79 Å². The van der Waals surface area contributed by atoms with Gasteiger partial charge in [-0.1, -0.05) is 29.8 Å². The second-order valence-electron chi connectivity index (χ2n) is 5.57. The summed E-state index contributed by atoms with van der Waals surface area (Å²) in [6, 6.07) is 13.5. The van der Waals surface area contributed by atoms with E-state index >= 15 is 0 Å². The van der Waals surface area contributed by atoms with Gasteiger partial charge in [0.2, 0.25) is 0 Å². The first kappa shape index (κ1) is 19.8. The summed E-state index contributed by atoms with van der Waals surface area (Å²) in [6.45, 7) is 4.79. The van der Waals surface area contributed by atoms with E-state index in [1.807, 2.05) is 44.2 Å². The minimum atomic E-state index is -0.764. The SMILES string of the molecule is CCOc1cc(/C=C(\C#N)C(N)=O)cc(I)c1OCc1ccc(C)cc1. The monoisotopic (exact) mass is 462 g/mol. The zero-order valence-corrected chi connectivity index (χ0v) is 16.7. The molecule has 2 N–H and O–H groups in total. The van der Waals surface area contributed by atoms with Crippen molar-refractivity contribution in [2.45, 2.75) is 20.5 Å². The maximum absolute atomic E-state index is 11.3. The Morgan fingerprint density at radius 1 is 1.27 bits per heavy atom. The number of nitrogens with zero attached hydrogens (tertiary/aromatic N) is 1. The third-order valence-corrected chi connectivity index (χ3v) is 4.33. The lowest BCUT2D eigenvalue weighted by molar-refractivity contribution is -0.114. The molecule has 2 aromatic rings. The third-order valence-electron chi connectivity index (χ3n) is 3.53. The Balaban J connectivity index is 2.32. The van der Waals surface area contributed by atoms with Gasteiger partial charge in [-0.3, -0.25) is 4.79 Å². The van der Waals surface area contributed by atoms with Gasteiger partial charge < -0.3 is 15.2 Å². The topological polar surface area (TPSA) is 85.3 Å². The Kier molecular flexibility index (Phi) is 7.04. The molecule has 0 heterocycles. The summed E-state index contributed by atoms with van der Waals surface area (Å²) in [5, 5.41) is 9.01. The lowest BCUT2D eigenvalue weighted by atomic mass is 10.1. The Morgan fingerprint density at radius 2 is 1.96 bits per heavy atom. The maximum atomic E-state index is 11.3. The molecule has 0 fully saturated rings. The van der Waals surface area contributed by atoms with E-state index in [4.69, 9.17) is 20.5 Å². The van der Waals surface area contributed by atoms with Crippen molar-refractivity contribution in [1.29, 1.82) is 5.26 Å². The van der Waals surface area contributed by atoms with Gasteiger partial charge in [0, 0.05) is 0 Å². The number of hydrogen-bond acceptors (Lipinski definition) is 4. The number of amides is 1. The highest BCUT2D eigenvalue weighted by molar-refractivity contribution is 14.1.